The highest BCUT2D eigenvalue weighted by atomic mass is 32.2. The molecule has 0 N–H and O–H groups in total. The molecular formula is C29H26O2S. The Morgan fingerprint density at radius 3 is 1.69 bits per heavy atom. The first kappa shape index (κ1) is 21.8. The molecule has 160 valence electrons. The Kier molecular flexibility index (Phi) is 6.38. The number of sulfone groups is 1. The first-order valence-electron chi connectivity index (χ1n) is 10.7. The molecule has 0 aliphatic carbocycles. The second-order valence-corrected chi connectivity index (χ2v) is 10.0. The lowest BCUT2D eigenvalue weighted by Crippen LogP contribution is -2.14. The molecule has 0 saturated carbocycles. The van der Waals surface area contributed by atoms with E-state index < -0.39 is 15.1 Å². The third kappa shape index (κ3) is 4.58. The van der Waals surface area contributed by atoms with E-state index in [-0.39, 0.29) is 0 Å². The summed E-state index contributed by atoms with van der Waals surface area (Å²) < 4.78 is 27.9. The van der Waals surface area contributed by atoms with E-state index in [9.17, 15) is 8.42 Å². The van der Waals surface area contributed by atoms with E-state index in [0.717, 1.165) is 33.4 Å². The molecule has 0 aromatic heterocycles. The van der Waals surface area contributed by atoms with Crippen molar-refractivity contribution < 1.29 is 8.42 Å². The zero-order chi connectivity index (χ0) is 22.6. The third-order valence-corrected chi connectivity index (χ3v) is 7.65. The van der Waals surface area contributed by atoms with E-state index in [1.807, 2.05) is 117 Å². The third-order valence-electron chi connectivity index (χ3n) is 5.67. The van der Waals surface area contributed by atoms with Crippen LogP contribution in [0.15, 0.2) is 120 Å². The SMILES string of the molecule is Cc1ccc(S(=O)(=O)C(C=C(c2ccccc2)c2ccccc2)c2ccccc2C)cc1. The van der Waals surface area contributed by atoms with Crippen LogP contribution in [0.2, 0.25) is 0 Å². The molecule has 4 aromatic rings. The molecule has 0 radical (unpaired) electrons. The summed E-state index contributed by atoms with van der Waals surface area (Å²) >= 11 is 0. The second kappa shape index (κ2) is 9.37. The van der Waals surface area contributed by atoms with Crippen LogP contribution in [0.5, 0.6) is 0 Å². The van der Waals surface area contributed by atoms with Crippen LogP contribution in [0, 0.1) is 13.8 Å². The fourth-order valence-corrected chi connectivity index (χ4v) is 5.60. The minimum absolute atomic E-state index is 0.327. The quantitative estimate of drug-likeness (QED) is 0.326. The van der Waals surface area contributed by atoms with Gasteiger partial charge in [0.15, 0.2) is 9.84 Å². The predicted molar refractivity (Wildman–Crippen MR) is 132 cm³/mol. The average Bonchev–Trinajstić information content (AvgIpc) is 2.82. The monoisotopic (exact) mass is 438 g/mol. The summed E-state index contributed by atoms with van der Waals surface area (Å²) in [6.07, 6.45) is 1.90. The Hall–Kier alpha value is -3.43. The maximum Gasteiger partial charge on any atom is 0.188 e. The van der Waals surface area contributed by atoms with Gasteiger partial charge in [0.1, 0.15) is 5.25 Å². The van der Waals surface area contributed by atoms with Crippen LogP contribution in [0.1, 0.15) is 33.1 Å². The highest BCUT2D eigenvalue weighted by Gasteiger charge is 2.29. The van der Waals surface area contributed by atoms with E-state index in [0.29, 0.717) is 4.90 Å². The molecule has 4 rings (SSSR count). The molecule has 32 heavy (non-hydrogen) atoms. The van der Waals surface area contributed by atoms with Gasteiger partial charge >= 0.3 is 0 Å². The highest BCUT2D eigenvalue weighted by Crippen LogP contribution is 2.36. The van der Waals surface area contributed by atoms with Crippen molar-refractivity contribution in [2.24, 2.45) is 0 Å². The summed E-state index contributed by atoms with van der Waals surface area (Å²) in [5.41, 5.74) is 5.63. The van der Waals surface area contributed by atoms with Crippen LogP contribution < -0.4 is 0 Å². The van der Waals surface area contributed by atoms with Crippen molar-refractivity contribution in [3.8, 4) is 0 Å². The van der Waals surface area contributed by atoms with Crippen molar-refractivity contribution in [1.29, 1.82) is 0 Å². The van der Waals surface area contributed by atoms with Crippen LogP contribution in [0.4, 0.5) is 0 Å². The lowest BCUT2D eigenvalue weighted by Gasteiger charge is -2.20. The van der Waals surface area contributed by atoms with Crippen molar-refractivity contribution in [3.63, 3.8) is 0 Å². The molecular weight excluding hydrogens is 412 g/mol. The second-order valence-electron chi connectivity index (χ2n) is 7.95. The molecule has 0 aliphatic heterocycles. The fourth-order valence-electron chi connectivity index (χ4n) is 3.87. The van der Waals surface area contributed by atoms with Crippen molar-refractivity contribution in [1.82, 2.24) is 0 Å². The lowest BCUT2D eigenvalue weighted by atomic mass is 9.95. The van der Waals surface area contributed by atoms with E-state index in [1.165, 1.54) is 0 Å². The molecule has 0 aliphatic rings. The van der Waals surface area contributed by atoms with Gasteiger partial charge in [-0.1, -0.05) is 109 Å². The number of hydrogen-bond donors (Lipinski definition) is 0. The van der Waals surface area contributed by atoms with E-state index in [4.69, 9.17) is 0 Å². The molecule has 0 amide bonds. The summed E-state index contributed by atoms with van der Waals surface area (Å²) in [7, 11) is -3.68. The van der Waals surface area contributed by atoms with Crippen LogP contribution >= 0.6 is 0 Å². The van der Waals surface area contributed by atoms with E-state index in [1.54, 1.807) is 12.1 Å². The Bertz CT molecular complexity index is 1280. The fraction of sp³-hybridized carbons (Fsp3) is 0.103. The van der Waals surface area contributed by atoms with Crippen LogP contribution in [0.25, 0.3) is 5.57 Å². The summed E-state index contributed by atoms with van der Waals surface area (Å²) in [6, 6.07) is 34.7. The standard InChI is InChI=1S/C29H26O2S/c1-22-17-19-26(20-18-22)32(30,31)29(27-16-10-9-11-23(27)2)21-28(24-12-5-3-6-13-24)25-14-7-4-8-15-25/h3-21,29H,1-2H3. The van der Waals surface area contributed by atoms with E-state index in [2.05, 4.69) is 0 Å². The normalized spacial score (nSPS) is 12.2. The Morgan fingerprint density at radius 2 is 1.16 bits per heavy atom. The Labute approximate surface area is 190 Å². The minimum Gasteiger partial charge on any atom is -0.223 e. The van der Waals surface area contributed by atoms with Crippen molar-refractivity contribution in [2.45, 2.75) is 24.0 Å². The molecule has 1 atom stereocenters. The van der Waals surface area contributed by atoms with Crippen molar-refractivity contribution >= 4 is 15.4 Å². The van der Waals surface area contributed by atoms with Crippen LogP contribution in [-0.2, 0) is 9.84 Å². The first-order chi connectivity index (χ1) is 15.5. The molecule has 0 fully saturated rings. The van der Waals surface area contributed by atoms with Gasteiger partial charge in [-0.05, 0) is 53.8 Å². The number of rotatable bonds is 6. The Balaban J connectivity index is 1.97. The zero-order valence-electron chi connectivity index (χ0n) is 18.3. The topological polar surface area (TPSA) is 34.1 Å². The summed E-state index contributed by atoms with van der Waals surface area (Å²) in [6.45, 7) is 3.92. The molecule has 4 aromatic carbocycles. The molecule has 0 spiro atoms. The molecule has 0 saturated heterocycles. The predicted octanol–water partition coefficient (Wildman–Crippen LogP) is 6.95. The van der Waals surface area contributed by atoms with Gasteiger partial charge in [0.2, 0.25) is 0 Å². The smallest absolute Gasteiger partial charge is 0.188 e. The summed E-state index contributed by atoms with van der Waals surface area (Å²) in [4.78, 5) is 0.327. The number of aryl methyl sites for hydroxylation is 2. The summed E-state index contributed by atoms with van der Waals surface area (Å²) in [5.74, 6) is 0. The maximum atomic E-state index is 13.9. The van der Waals surface area contributed by atoms with E-state index >= 15 is 0 Å². The van der Waals surface area contributed by atoms with Gasteiger partial charge in [0, 0.05) is 0 Å². The minimum atomic E-state index is -3.68. The number of hydrogen-bond acceptors (Lipinski definition) is 2. The van der Waals surface area contributed by atoms with Gasteiger partial charge in [-0.2, -0.15) is 0 Å². The van der Waals surface area contributed by atoms with Crippen LogP contribution in [-0.4, -0.2) is 8.42 Å². The van der Waals surface area contributed by atoms with Gasteiger partial charge in [-0.25, -0.2) is 8.42 Å². The van der Waals surface area contributed by atoms with Crippen molar-refractivity contribution in [2.75, 3.05) is 0 Å². The van der Waals surface area contributed by atoms with Gasteiger partial charge < -0.3 is 0 Å². The summed E-state index contributed by atoms with van der Waals surface area (Å²) in [5, 5.41) is -0.818. The van der Waals surface area contributed by atoms with Crippen LogP contribution in [0.3, 0.4) is 0 Å². The maximum absolute atomic E-state index is 13.9. The van der Waals surface area contributed by atoms with Gasteiger partial charge in [-0.3, -0.25) is 0 Å². The van der Waals surface area contributed by atoms with Gasteiger partial charge in [-0.15, -0.1) is 0 Å². The average molecular weight is 439 g/mol. The molecule has 2 nitrogen and oxygen atoms in total. The molecule has 0 bridgehead atoms. The zero-order valence-corrected chi connectivity index (χ0v) is 19.1. The first-order valence-corrected chi connectivity index (χ1v) is 12.2. The Morgan fingerprint density at radius 1 is 0.656 bits per heavy atom. The molecule has 1 unspecified atom stereocenters. The molecule has 3 heteroatoms. The molecule has 0 heterocycles. The largest absolute Gasteiger partial charge is 0.223 e. The van der Waals surface area contributed by atoms with Crippen molar-refractivity contribution in [3.05, 3.63) is 143 Å². The number of benzene rings is 4. The highest BCUT2D eigenvalue weighted by molar-refractivity contribution is 7.91. The lowest BCUT2D eigenvalue weighted by molar-refractivity contribution is 0.590. The van der Waals surface area contributed by atoms with Gasteiger partial charge in [0.25, 0.3) is 0 Å². The van der Waals surface area contributed by atoms with Gasteiger partial charge in [0.05, 0.1) is 4.90 Å².